The van der Waals surface area contributed by atoms with Crippen molar-refractivity contribution in [1.82, 2.24) is 0 Å². The first kappa shape index (κ1) is 36.2. The van der Waals surface area contributed by atoms with Crippen molar-refractivity contribution in [1.29, 1.82) is 0 Å². The van der Waals surface area contributed by atoms with E-state index >= 15 is 0 Å². The molecule has 4 rings (SSSR count). The van der Waals surface area contributed by atoms with Gasteiger partial charge in [-0.3, -0.25) is 24.0 Å². The van der Waals surface area contributed by atoms with Crippen LogP contribution in [0.2, 0.25) is 0 Å². The Bertz CT molecular complexity index is 1270. The van der Waals surface area contributed by atoms with E-state index in [1.165, 1.54) is 27.7 Å². The number of carbonyl (C=O) groups excluding carboxylic acids is 5. The van der Waals surface area contributed by atoms with Gasteiger partial charge in [0.1, 0.15) is 42.9 Å². The van der Waals surface area contributed by atoms with E-state index in [1.807, 2.05) is 30.3 Å². The topological polar surface area (TPSA) is 159 Å². The van der Waals surface area contributed by atoms with Gasteiger partial charge in [-0.15, -0.1) is 6.58 Å². The molecule has 10 atom stereocenters. The van der Waals surface area contributed by atoms with Gasteiger partial charge in [0.15, 0.2) is 18.3 Å². The first-order valence-electron chi connectivity index (χ1n) is 15.8. The zero-order chi connectivity index (χ0) is 34.1. The summed E-state index contributed by atoms with van der Waals surface area (Å²) in [5.41, 5.74) is 0.992. The van der Waals surface area contributed by atoms with Crippen molar-refractivity contribution in [2.24, 2.45) is 0 Å². The molecule has 0 amide bonds. The maximum absolute atomic E-state index is 13.3. The summed E-state index contributed by atoms with van der Waals surface area (Å²) in [6.45, 7) is 9.14. The lowest BCUT2D eigenvalue weighted by molar-refractivity contribution is -0.236. The lowest BCUT2D eigenvalue weighted by atomic mass is 9.90. The molecule has 3 aliphatic rings. The Morgan fingerprint density at radius 1 is 0.787 bits per heavy atom. The van der Waals surface area contributed by atoms with Crippen molar-refractivity contribution in [3.8, 4) is 0 Å². The van der Waals surface area contributed by atoms with Crippen LogP contribution in [0.1, 0.15) is 65.4 Å². The Kier molecular flexibility index (Phi) is 13.1. The van der Waals surface area contributed by atoms with E-state index in [9.17, 15) is 24.0 Å². The summed E-state index contributed by atoms with van der Waals surface area (Å²) < 4.78 is 46.6. The van der Waals surface area contributed by atoms with Crippen LogP contribution < -0.4 is 0 Å². The third kappa shape index (κ3) is 10.2. The molecule has 3 aliphatic heterocycles. The third-order valence-corrected chi connectivity index (χ3v) is 8.21. The number of Topliss-reactive ketones (excluding diaryl/α,β-unsaturated/α-hetero) is 1. The van der Waals surface area contributed by atoms with Crippen molar-refractivity contribution >= 4 is 29.7 Å². The van der Waals surface area contributed by atoms with Gasteiger partial charge in [0.2, 0.25) is 0 Å². The second-order valence-electron chi connectivity index (χ2n) is 12.0. The summed E-state index contributed by atoms with van der Waals surface area (Å²) in [5, 5.41) is 0. The van der Waals surface area contributed by atoms with Gasteiger partial charge in [-0.1, -0.05) is 36.4 Å². The fraction of sp³-hybridized carbons (Fsp3) is 0.618. The number of fused-ring (bicyclic) bond motifs is 1. The minimum atomic E-state index is -1.08. The van der Waals surface area contributed by atoms with E-state index in [1.54, 1.807) is 6.08 Å². The smallest absolute Gasteiger partial charge is 0.303 e. The zero-order valence-electron chi connectivity index (χ0n) is 27.2. The van der Waals surface area contributed by atoms with E-state index in [2.05, 4.69) is 6.58 Å². The summed E-state index contributed by atoms with van der Waals surface area (Å²) in [7, 11) is 0. The molecule has 1 aromatic carbocycles. The van der Waals surface area contributed by atoms with Crippen molar-refractivity contribution in [3.05, 3.63) is 48.6 Å². The molecule has 0 radical (unpaired) electrons. The standard InChI is InChI=1S/C34H44O13/c1-6-10-26-30(42-20(3)36)32(44-22(5)38)34-33(46-26)31(43-21(4)37)28(47-34)15-24(39)13-14-25-16-27(29(45-25)18-40-19(2)35)41-17-23-11-8-7-9-12-23/h6-9,11-12,25-34H,1,10,13-18H2,2-5H3/t25-,26?,27-,28?,29-,30-,31-,32-,33-,34-/m0/s1. The predicted octanol–water partition coefficient (Wildman–Crippen LogP) is 2.94. The van der Waals surface area contributed by atoms with Gasteiger partial charge in [-0.05, 0) is 18.4 Å². The van der Waals surface area contributed by atoms with Crippen LogP contribution in [0.25, 0.3) is 0 Å². The molecule has 13 nitrogen and oxygen atoms in total. The summed E-state index contributed by atoms with van der Waals surface area (Å²) in [4.78, 5) is 61.0. The van der Waals surface area contributed by atoms with Crippen molar-refractivity contribution in [2.45, 2.75) is 127 Å². The van der Waals surface area contributed by atoms with Crippen LogP contribution in [0.3, 0.4) is 0 Å². The van der Waals surface area contributed by atoms with Crippen LogP contribution in [-0.4, -0.2) is 97.3 Å². The van der Waals surface area contributed by atoms with Gasteiger partial charge >= 0.3 is 23.9 Å². The number of hydrogen-bond donors (Lipinski definition) is 0. The average Bonchev–Trinajstić information content (AvgIpc) is 3.55. The average molecular weight is 661 g/mol. The highest BCUT2D eigenvalue weighted by molar-refractivity contribution is 5.79. The van der Waals surface area contributed by atoms with Gasteiger partial charge in [-0.25, -0.2) is 0 Å². The molecule has 3 heterocycles. The Morgan fingerprint density at radius 2 is 1.40 bits per heavy atom. The highest BCUT2D eigenvalue weighted by atomic mass is 16.7. The molecule has 0 aromatic heterocycles. The molecule has 0 N–H and O–H groups in total. The molecule has 47 heavy (non-hydrogen) atoms. The van der Waals surface area contributed by atoms with Gasteiger partial charge < -0.3 is 37.9 Å². The molecule has 0 bridgehead atoms. The quantitative estimate of drug-likeness (QED) is 0.154. The first-order valence-corrected chi connectivity index (χ1v) is 15.8. The molecule has 3 fully saturated rings. The minimum Gasteiger partial charge on any atom is -0.463 e. The molecular formula is C34H44O13. The molecule has 258 valence electrons. The molecule has 2 unspecified atom stereocenters. The Morgan fingerprint density at radius 3 is 2.04 bits per heavy atom. The summed E-state index contributed by atoms with van der Waals surface area (Å²) in [6.07, 6.45) is -5.09. The molecule has 3 saturated heterocycles. The monoisotopic (exact) mass is 660 g/mol. The van der Waals surface area contributed by atoms with E-state index in [0.717, 1.165) is 5.56 Å². The second kappa shape index (κ2) is 17.0. The van der Waals surface area contributed by atoms with Crippen LogP contribution in [0.4, 0.5) is 0 Å². The highest BCUT2D eigenvalue weighted by Gasteiger charge is 2.59. The second-order valence-corrected chi connectivity index (χ2v) is 12.0. The number of hydrogen-bond acceptors (Lipinski definition) is 13. The van der Waals surface area contributed by atoms with E-state index in [4.69, 9.17) is 37.9 Å². The van der Waals surface area contributed by atoms with Crippen LogP contribution in [-0.2, 0) is 68.5 Å². The van der Waals surface area contributed by atoms with Crippen LogP contribution in [0.15, 0.2) is 43.0 Å². The Balaban J connectivity index is 1.41. The largest absolute Gasteiger partial charge is 0.463 e. The minimum absolute atomic E-state index is 0.0344. The molecule has 13 heteroatoms. The normalized spacial score (nSPS) is 31.3. The molecule has 0 spiro atoms. The van der Waals surface area contributed by atoms with E-state index in [0.29, 0.717) is 19.4 Å². The zero-order valence-corrected chi connectivity index (χ0v) is 27.2. The maximum Gasteiger partial charge on any atom is 0.303 e. The fourth-order valence-corrected chi connectivity index (χ4v) is 6.30. The van der Waals surface area contributed by atoms with Gasteiger partial charge in [0.25, 0.3) is 0 Å². The van der Waals surface area contributed by atoms with Crippen LogP contribution >= 0.6 is 0 Å². The SMILES string of the molecule is C=CCC1O[C@@H]2[C@@H](OC(CC(=O)CC[C@H]3C[C@H](OCc4ccccc4)[C@H](COC(C)=O)O3)[C@@H]2OC(C)=O)[C@@H](OC(C)=O)[C@H]1OC(C)=O. The summed E-state index contributed by atoms with van der Waals surface area (Å²) >= 11 is 0. The lowest BCUT2D eigenvalue weighted by Gasteiger charge is -2.42. The molecular weight excluding hydrogens is 616 g/mol. The van der Waals surface area contributed by atoms with Crippen molar-refractivity contribution < 1.29 is 61.9 Å². The third-order valence-electron chi connectivity index (χ3n) is 8.21. The van der Waals surface area contributed by atoms with Crippen molar-refractivity contribution in [2.75, 3.05) is 6.61 Å². The van der Waals surface area contributed by atoms with Gasteiger partial charge in [0, 0.05) is 47.0 Å². The highest BCUT2D eigenvalue weighted by Crippen LogP contribution is 2.40. The first-order chi connectivity index (χ1) is 22.4. The number of rotatable bonds is 15. The lowest BCUT2D eigenvalue weighted by Crippen LogP contribution is -2.60. The molecule has 0 aliphatic carbocycles. The molecule has 1 aromatic rings. The Labute approximate surface area is 274 Å². The maximum atomic E-state index is 13.3. The predicted molar refractivity (Wildman–Crippen MR) is 163 cm³/mol. The fourth-order valence-electron chi connectivity index (χ4n) is 6.30. The van der Waals surface area contributed by atoms with Crippen LogP contribution in [0.5, 0.6) is 0 Å². The van der Waals surface area contributed by atoms with E-state index < -0.39 is 72.7 Å². The number of esters is 4. The molecule has 0 saturated carbocycles. The summed E-state index contributed by atoms with van der Waals surface area (Å²) in [5.74, 6) is -2.45. The number of ketones is 1. The van der Waals surface area contributed by atoms with E-state index in [-0.39, 0.29) is 43.9 Å². The van der Waals surface area contributed by atoms with Gasteiger partial charge in [0.05, 0.1) is 18.8 Å². The van der Waals surface area contributed by atoms with Gasteiger partial charge in [-0.2, -0.15) is 0 Å². The summed E-state index contributed by atoms with van der Waals surface area (Å²) in [6, 6.07) is 9.66. The number of benzene rings is 1. The Hall–Kier alpha value is -3.65. The van der Waals surface area contributed by atoms with Crippen molar-refractivity contribution in [3.63, 3.8) is 0 Å². The number of ether oxygens (including phenoxy) is 8. The van der Waals surface area contributed by atoms with Crippen LogP contribution in [0, 0.1) is 0 Å². The number of carbonyl (C=O) groups is 5.